The van der Waals surface area contributed by atoms with E-state index in [1.54, 1.807) is 16.7 Å². The zero-order valence-electron chi connectivity index (χ0n) is 34.1. The zero-order chi connectivity index (χ0) is 38.2. The van der Waals surface area contributed by atoms with Crippen LogP contribution >= 0.6 is 0 Å². The molecule has 12 atom stereocenters. The summed E-state index contributed by atoms with van der Waals surface area (Å²) in [5.74, 6) is 4.48. The molecule has 0 amide bonds. The van der Waals surface area contributed by atoms with E-state index in [-0.39, 0.29) is 29.0 Å². The minimum absolute atomic E-state index is 0.0857. The van der Waals surface area contributed by atoms with Crippen LogP contribution in [0, 0.1) is 57.2 Å². The molecule has 0 aliphatic heterocycles. The molecule has 0 radical (unpaired) electrons. The topological polar surface area (TPSA) is 72.3 Å². The van der Waals surface area contributed by atoms with E-state index in [9.17, 15) is 9.90 Å². The van der Waals surface area contributed by atoms with Crippen LogP contribution in [0.3, 0.4) is 0 Å². The first kappa shape index (κ1) is 37.3. The standard InChI is InChI=1S/C26H33NO2.C24H31NO/c1-17(28)29-20-10-12-25(2)19(15-20)6-7-21-23-9-8-22(18-5-4-14-27-16-18)26(23,3)13-11-24(21)25;1-23-11-9-18(26)14-17(23)5-6-19-21-8-7-20(16-4-3-13-25-15-16)24(21,2)12-10-22(19)23/h4-6,8,14,16,20-21,23-24H,7,9-13,15H2,1-3H3;3-5,7,13,15,18-19,21-22,26H,6,8-12,14H2,1-2H3/t20-,21?,23?,24?,25-,26+;18-,19?,21?,22?,23-,24+/m00/s1. The van der Waals surface area contributed by atoms with E-state index in [0.29, 0.717) is 10.8 Å². The third-order valence-corrected chi connectivity index (χ3v) is 17.6. The van der Waals surface area contributed by atoms with Crippen LogP contribution in [0.5, 0.6) is 0 Å². The number of hydrogen-bond donors (Lipinski definition) is 1. The Hall–Kier alpha value is -3.31. The number of carbonyl (C=O) groups excluding carboxylic acids is 1. The molecule has 6 unspecified atom stereocenters. The molecule has 0 saturated heterocycles. The molecule has 2 aromatic heterocycles. The highest BCUT2D eigenvalue weighted by atomic mass is 16.5. The summed E-state index contributed by atoms with van der Waals surface area (Å²) in [4.78, 5) is 20.2. The van der Waals surface area contributed by atoms with Crippen molar-refractivity contribution < 1.29 is 14.6 Å². The van der Waals surface area contributed by atoms with Crippen LogP contribution in [0.15, 0.2) is 84.5 Å². The van der Waals surface area contributed by atoms with E-state index in [1.807, 2.05) is 24.8 Å². The molecule has 4 saturated carbocycles. The van der Waals surface area contributed by atoms with Gasteiger partial charge in [0.2, 0.25) is 0 Å². The molecular weight excluding hydrogens is 677 g/mol. The van der Waals surface area contributed by atoms with Gasteiger partial charge in [0.25, 0.3) is 0 Å². The number of aliphatic hydroxyl groups is 1. The number of carbonyl (C=O) groups is 1. The van der Waals surface area contributed by atoms with E-state index < -0.39 is 0 Å². The Labute approximate surface area is 330 Å². The average Bonchev–Trinajstić information content (AvgIpc) is 3.73. The highest BCUT2D eigenvalue weighted by Crippen LogP contribution is 2.68. The number of nitrogens with zero attached hydrogens (tertiary/aromatic N) is 2. The van der Waals surface area contributed by atoms with Gasteiger partial charge in [-0.25, -0.2) is 0 Å². The van der Waals surface area contributed by atoms with Crippen molar-refractivity contribution in [1.82, 2.24) is 9.97 Å². The maximum Gasteiger partial charge on any atom is 0.302 e. The summed E-state index contributed by atoms with van der Waals surface area (Å²) < 4.78 is 5.58. The van der Waals surface area contributed by atoms with Crippen molar-refractivity contribution in [3.63, 3.8) is 0 Å². The van der Waals surface area contributed by atoms with Crippen LogP contribution in [0.1, 0.15) is 136 Å². The van der Waals surface area contributed by atoms with Crippen LogP contribution in [0.25, 0.3) is 11.1 Å². The van der Waals surface area contributed by atoms with Gasteiger partial charge in [0.15, 0.2) is 0 Å². The van der Waals surface area contributed by atoms with Gasteiger partial charge in [-0.3, -0.25) is 14.8 Å². The van der Waals surface area contributed by atoms with Crippen molar-refractivity contribution in [2.75, 3.05) is 0 Å². The van der Waals surface area contributed by atoms with Gasteiger partial charge in [-0.1, -0.05) is 75.3 Å². The van der Waals surface area contributed by atoms with Crippen LogP contribution in [0.2, 0.25) is 0 Å². The van der Waals surface area contributed by atoms with E-state index in [2.05, 4.69) is 86.2 Å². The molecule has 1 N–H and O–H groups in total. The summed E-state index contributed by atoms with van der Waals surface area (Å²) in [5.41, 5.74) is 10.1. The molecule has 292 valence electrons. The van der Waals surface area contributed by atoms with E-state index in [0.717, 1.165) is 67.6 Å². The number of hydrogen-bond acceptors (Lipinski definition) is 5. The smallest absolute Gasteiger partial charge is 0.302 e. The predicted molar refractivity (Wildman–Crippen MR) is 220 cm³/mol. The van der Waals surface area contributed by atoms with Crippen LogP contribution in [-0.2, 0) is 9.53 Å². The Bertz CT molecular complexity index is 1910. The average molecular weight is 741 g/mol. The molecule has 5 heteroatoms. The SMILES string of the molecule is CC(=O)O[C@H]1CC[C@@]2(C)C(=CCC3C2CC[C@]2(C)C(c4cccnc4)=CCC32)C1.C[C@]12CC[C@H](O)CC1=CCC1C2CC[C@]2(C)C(c3cccnc3)=CCC12. The first-order chi connectivity index (χ1) is 26.4. The van der Waals surface area contributed by atoms with E-state index >= 15 is 0 Å². The third kappa shape index (κ3) is 6.07. The number of rotatable bonds is 3. The largest absolute Gasteiger partial charge is 0.462 e. The summed E-state index contributed by atoms with van der Waals surface area (Å²) in [6, 6.07) is 8.61. The van der Waals surface area contributed by atoms with Gasteiger partial charge >= 0.3 is 5.97 Å². The Morgan fingerprint density at radius 3 is 1.62 bits per heavy atom. The normalized spacial score (nSPS) is 42.5. The Balaban J connectivity index is 0.000000145. The van der Waals surface area contributed by atoms with Gasteiger partial charge in [-0.15, -0.1) is 0 Å². The lowest BCUT2D eigenvalue weighted by atomic mass is 9.47. The van der Waals surface area contributed by atoms with Gasteiger partial charge < -0.3 is 9.84 Å². The molecule has 4 fully saturated rings. The lowest BCUT2D eigenvalue weighted by Crippen LogP contribution is -2.50. The Morgan fingerprint density at radius 1 is 0.636 bits per heavy atom. The summed E-state index contributed by atoms with van der Waals surface area (Å²) in [5, 5.41) is 10.2. The predicted octanol–water partition coefficient (Wildman–Crippen LogP) is 11.4. The number of fused-ring (bicyclic) bond motifs is 10. The maximum absolute atomic E-state index is 11.4. The van der Waals surface area contributed by atoms with Crippen LogP contribution in [0.4, 0.5) is 0 Å². The number of ether oxygens (including phenoxy) is 1. The molecule has 5 nitrogen and oxygen atoms in total. The molecule has 8 aliphatic carbocycles. The number of aromatic nitrogens is 2. The first-order valence-corrected chi connectivity index (χ1v) is 21.9. The van der Waals surface area contributed by atoms with Crippen LogP contribution in [-0.4, -0.2) is 33.3 Å². The van der Waals surface area contributed by atoms with Gasteiger partial charge in [0.1, 0.15) is 6.10 Å². The number of esters is 1. The quantitative estimate of drug-likeness (QED) is 0.251. The first-order valence-electron chi connectivity index (χ1n) is 21.9. The Kier molecular flexibility index (Phi) is 9.46. The molecule has 10 rings (SSSR count). The molecule has 0 spiro atoms. The molecular formula is C50H64N2O3. The fourth-order valence-electron chi connectivity index (χ4n) is 14.7. The monoisotopic (exact) mass is 740 g/mol. The van der Waals surface area contributed by atoms with E-state index in [1.165, 1.54) is 81.4 Å². The maximum atomic E-state index is 11.4. The fourth-order valence-corrected chi connectivity index (χ4v) is 14.7. The van der Waals surface area contributed by atoms with Gasteiger partial charge in [-0.05, 0) is 175 Å². The zero-order valence-corrected chi connectivity index (χ0v) is 34.1. The van der Waals surface area contributed by atoms with Gasteiger partial charge in [0, 0.05) is 38.1 Å². The summed E-state index contributed by atoms with van der Waals surface area (Å²) in [6.45, 7) is 11.6. The molecule has 0 bridgehead atoms. The van der Waals surface area contributed by atoms with Crippen molar-refractivity contribution >= 4 is 17.1 Å². The number of aliphatic hydroxyl groups excluding tert-OH is 1. The molecule has 0 aromatic carbocycles. The summed E-state index contributed by atoms with van der Waals surface area (Å²) >= 11 is 0. The second kappa shape index (κ2) is 14.0. The number of allylic oxidation sites excluding steroid dienone is 6. The van der Waals surface area contributed by atoms with Gasteiger partial charge in [-0.2, -0.15) is 0 Å². The lowest BCUT2D eigenvalue weighted by molar-refractivity contribution is -0.148. The molecule has 8 aliphatic rings. The van der Waals surface area contributed by atoms with E-state index in [4.69, 9.17) is 4.74 Å². The van der Waals surface area contributed by atoms with Crippen LogP contribution < -0.4 is 0 Å². The number of pyridine rings is 2. The second-order valence-electron chi connectivity index (χ2n) is 20.0. The fraction of sp³-hybridized carbons (Fsp3) is 0.620. The summed E-state index contributed by atoms with van der Waals surface area (Å²) in [6.07, 6.45) is 34.2. The van der Waals surface area contributed by atoms with Crippen molar-refractivity contribution in [1.29, 1.82) is 0 Å². The Morgan fingerprint density at radius 2 is 1.13 bits per heavy atom. The van der Waals surface area contributed by atoms with Crippen molar-refractivity contribution in [3.8, 4) is 0 Å². The minimum Gasteiger partial charge on any atom is -0.462 e. The molecule has 2 aromatic rings. The highest BCUT2D eigenvalue weighted by molar-refractivity contribution is 5.73. The van der Waals surface area contributed by atoms with Crippen molar-refractivity contribution in [2.45, 2.75) is 137 Å². The van der Waals surface area contributed by atoms with Crippen molar-refractivity contribution in [3.05, 3.63) is 95.6 Å². The molecule has 55 heavy (non-hydrogen) atoms. The van der Waals surface area contributed by atoms with Crippen molar-refractivity contribution in [2.24, 2.45) is 57.2 Å². The lowest BCUT2D eigenvalue weighted by Gasteiger charge is -2.57. The third-order valence-electron chi connectivity index (χ3n) is 17.6. The van der Waals surface area contributed by atoms with Gasteiger partial charge in [0.05, 0.1) is 6.10 Å². The minimum atomic E-state index is -0.138. The highest BCUT2D eigenvalue weighted by Gasteiger charge is 2.58. The summed E-state index contributed by atoms with van der Waals surface area (Å²) in [7, 11) is 0. The molecule has 2 heterocycles. The second-order valence-corrected chi connectivity index (χ2v) is 20.0.